The first kappa shape index (κ1) is 6.63. The minimum atomic E-state index is 0.243. The van der Waals surface area contributed by atoms with Crippen LogP contribution in [-0.4, -0.2) is 9.94 Å². The topological polar surface area (TPSA) is 87.1 Å². The fourth-order valence-corrected chi connectivity index (χ4v) is 0.601. The van der Waals surface area contributed by atoms with Gasteiger partial charge in [-0.3, -0.25) is 11.3 Å². The van der Waals surface area contributed by atoms with Crippen LogP contribution in [-0.2, 0) is 0 Å². The molecule has 5 N–H and O–H groups in total. The summed E-state index contributed by atoms with van der Waals surface area (Å²) < 4.78 is 0.827. The molecule has 1 heterocycles. The number of hydrogen-bond acceptors (Lipinski definition) is 4. The van der Waals surface area contributed by atoms with Gasteiger partial charge in [-0.05, 0) is 6.07 Å². The Bertz CT molecular complexity index is 279. The monoisotopic (exact) mass is 140 g/mol. The Morgan fingerprint density at radius 3 is 2.90 bits per heavy atom. The molecule has 0 aromatic carbocycles. The molecule has 0 atom stereocenters. The van der Waals surface area contributed by atoms with Crippen LogP contribution in [0.2, 0.25) is 0 Å². The molecule has 1 rings (SSSR count). The number of anilines is 1. The van der Waals surface area contributed by atoms with Gasteiger partial charge >= 0.3 is 0 Å². The van der Waals surface area contributed by atoms with Gasteiger partial charge in [-0.25, -0.2) is 0 Å². The van der Waals surface area contributed by atoms with Crippen molar-refractivity contribution in [2.75, 3.05) is 5.43 Å². The third-order valence-corrected chi connectivity index (χ3v) is 1.10. The summed E-state index contributed by atoms with van der Waals surface area (Å²) >= 11 is 0. The van der Waals surface area contributed by atoms with E-state index < -0.39 is 0 Å². The van der Waals surface area contributed by atoms with E-state index in [1.807, 2.05) is 0 Å². The summed E-state index contributed by atoms with van der Waals surface area (Å²) in [6, 6.07) is 1.43. The number of rotatable bonds is 1. The predicted octanol–water partition coefficient (Wildman–Crippen LogP) is -0.510. The number of hydrogen-bond donors (Lipinski definition) is 4. The molecule has 0 bridgehead atoms. The number of nitrogens with zero attached hydrogens (tertiary/aromatic N) is 1. The summed E-state index contributed by atoms with van der Waals surface area (Å²) in [6.45, 7) is 0. The van der Waals surface area contributed by atoms with Crippen molar-refractivity contribution in [2.45, 2.75) is 0 Å². The molecule has 0 unspecified atom stereocenters. The van der Waals surface area contributed by atoms with E-state index >= 15 is 0 Å². The highest BCUT2D eigenvalue weighted by molar-refractivity contribution is 5.36. The highest BCUT2D eigenvalue weighted by Crippen LogP contribution is 1.92. The molecular weight excluding hydrogens is 132 g/mol. The summed E-state index contributed by atoms with van der Waals surface area (Å²) in [7, 11) is 0. The third-order valence-electron chi connectivity index (χ3n) is 1.10. The summed E-state index contributed by atoms with van der Waals surface area (Å²) in [5, 5.41) is 16.3. The first-order valence-corrected chi connectivity index (χ1v) is 2.67. The first-order valence-electron chi connectivity index (χ1n) is 2.67. The van der Waals surface area contributed by atoms with Crippen LogP contribution in [0.1, 0.15) is 0 Å². The number of nitrogens with two attached hydrogens (primary N) is 1. The largest absolute Gasteiger partial charge is 0.429 e. The van der Waals surface area contributed by atoms with Crippen molar-refractivity contribution in [2.24, 2.45) is 5.84 Å². The maximum Gasteiger partial charge on any atom is 0.0937 e. The van der Waals surface area contributed by atoms with Gasteiger partial charge in [-0.15, -0.1) is 0 Å². The molecule has 0 fully saturated rings. The minimum Gasteiger partial charge on any atom is -0.429 e. The van der Waals surface area contributed by atoms with Crippen LogP contribution in [0.3, 0.4) is 0 Å². The van der Waals surface area contributed by atoms with E-state index in [9.17, 15) is 0 Å². The normalized spacial score (nSPS) is 9.30. The summed E-state index contributed by atoms with van der Waals surface area (Å²) in [5.41, 5.74) is 2.65. The zero-order valence-corrected chi connectivity index (χ0v) is 5.20. The lowest BCUT2D eigenvalue weighted by molar-refractivity contribution is 0.184. The van der Waals surface area contributed by atoms with E-state index in [0.29, 0.717) is 5.69 Å². The van der Waals surface area contributed by atoms with Gasteiger partial charge < -0.3 is 10.6 Å². The van der Waals surface area contributed by atoms with Crippen LogP contribution in [0.4, 0.5) is 5.69 Å². The van der Waals surface area contributed by atoms with Gasteiger partial charge in [0.05, 0.1) is 17.2 Å². The lowest BCUT2D eigenvalue weighted by Crippen LogP contribution is -2.17. The van der Waals surface area contributed by atoms with Crippen LogP contribution in [0, 0.1) is 5.41 Å². The molecule has 0 amide bonds. The van der Waals surface area contributed by atoms with E-state index in [2.05, 4.69) is 5.43 Å². The van der Waals surface area contributed by atoms with Crippen molar-refractivity contribution in [3.05, 3.63) is 23.8 Å². The number of pyridine rings is 1. The fraction of sp³-hybridized carbons (Fsp3) is 0. The van der Waals surface area contributed by atoms with E-state index in [4.69, 9.17) is 16.5 Å². The quantitative estimate of drug-likeness (QED) is 0.241. The standard InChI is InChI=1S/C5H8N4O/c6-4-1-2-9(10)3-5(4)8-7/h1-3,6,8,10H,7H2. The average molecular weight is 140 g/mol. The molecule has 1 aromatic rings. The lowest BCUT2D eigenvalue weighted by atomic mass is 10.4. The average Bonchev–Trinajstić information content (AvgIpc) is 1.94. The van der Waals surface area contributed by atoms with Crippen molar-refractivity contribution >= 4 is 5.69 Å². The minimum absolute atomic E-state index is 0.243. The molecule has 0 aliphatic heterocycles. The Morgan fingerprint density at radius 1 is 1.70 bits per heavy atom. The second-order valence-corrected chi connectivity index (χ2v) is 1.80. The Labute approximate surface area is 57.2 Å². The van der Waals surface area contributed by atoms with Crippen LogP contribution < -0.4 is 16.6 Å². The molecule has 0 saturated carbocycles. The highest BCUT2D eigenvalue weighted by Gasteiger charge is 1.90. The van der Waals surface area contributed by atoms with Gasteiger partial charge in [-0.1, -0.05) is 0 Å². The molecule has 0 spiro atoms. The van der Waals surface area contributed by atoms with E-state index in [0.717, 1.165) is 4.73 Å². The molecule has 5 nitrogen and oxygen atoms in total. The SMILES string of the molecule is N=c1ccn(O)cc1NN. The number of aromatic nitrogens is 1. The molecule has 54 valence electrons. The van der Waals surface area contributed by atoms with Crippen LogP contribution >= 0.6 is 0 Å². The number of hydrazine groups is 1. The highest BCUT2D eigenvalue weighted by atomic mass is 16.5. The Morgan fingerprint density at radius 2 is 2.40 bits per heavy atom. The van der Waals surface area contributed by atoms with Crippen LogP contribution in [0.25, 0.3) is 0 Å². The maximum atomic E-state index is 8.81. The van der Waals surface area contributed by atoms with Crippen LogP contribution in [0.5, 0.6) is 0 Å². The van der Waals surface area contributed by atoms with E-state index in [-0.39, 0.29) is 5.36 Å². The second-order valence-electron chi connectivity index (χ2n) is 1.80. The zero-order valence-electron chi connectivity index (χ0n) is 5.20. The molecule has 0 radical (unpaired) electrons. The van der Waals surface area contributed by atoms with Crippen molar-refractivity contribution < 1.29 is 5.21 Å². The van der Waals surface area contributed by atoms with Crippen molar-refractivity contribution in [1.29, 1.82) is 5.41 Å². The Balaban J connectivity index is 3.22. The Hall–Kier alpha value is -1.49. The van der Waals surface area contributed by atoms with E-state index in [1.54, 1.807) is 0 Å². The van der Waals surface area contributed by atoms with E-state index in [1.165, 1.54) is 18.5 Å². The number of nitrogen functional groups attached to an aromatic ring is 1. The molecule has 0 aliphatic rings. The molecule has 0 saturated heterocycles. The molecule has 1 aromatic heterocycles. The summed E-state index contributed by atoms with van der Waals surface area (Å²) in [5.74, 6) is 5.03. The molecule has 10 heavy (non-hydrogen) atoms. The Kier molecular flexibility index (Phi) is 1.59. The van der Waals surface area contributed by atoms with Gasteiger partial charge in [0.2, 0.25) is 0 Å². The summed E-state index contributed by atoms with van der Waals surface area (Å²) in [6.07, 6.45) is 2.66. The zero-order chi connectivity index (χ0) is 7.56. The van der Waals surface area contributed by atoms with Gasteiger partial charge in [-0.2, -0.15) is 4.73 Å². The lowest BCUT2D eigenvalue weighted by Gasteiger charge is -2.00. The van der Waals surface area contributed by atoms with Gasteiger partial charge in [0.15, 0.2) is 0 Å². The molecule has 5 heteroatoms. The second kappa shape index (κ2) is 2.40. The predicted molar refractivity (Wildman–Crippen MR) is 35.3 cm³/mol. The van der Waals surface area contributed by atoms with Crippen LogP contribution in [0.15, 0.2) is 18.5 Å². The first-order chi connectivity index (χ1) is 4.74. The molecular formula is C5H8N4O. The van der Waals surface area contributed by atoms with Gasteiger partial charge in [0, 0.05) is 6.20 Å². The molecule has 0 aliphatic carbocycles. The van der Waals surface area contributed by atoms with Crippen molar-refractivity contribution in [3.63, 3.8) is 0 Å². The van der Waals surface area contributed by atoms with Crippen molar-refractivity contribution in [1.82, 2.24) is 4.73 Å². The van der Waals surface area contributed by atoms with Gasteiger partial charge in [0.1, 0.15) is 0 Å². The third kappa shape index (κ3) is 1.08. The van der Waals surface area contributed by atoms with Gasteiger partial charge in [0.25, 0.3) is 0 Å². The fourth-order valence-electron chi connectivity index (χ4n) is 0.601. The maximum absolute atomic E-state index is 8.81. The number of nitrogens with one attached hydrogen (secondary N) is 2. The smallest absolute Gasteiger partial charge is 0.0937 e. The van der Waals surface area contributed by atoms with Crippen molar-refractivity contribution in [3.8, 4) is 0 Å². The summed E-state index contributed by atoms with van der Waals surface area (Å²) in [4.78, 5) is 0.